The van der Waals surface area contributed by atoms with E-state index in [9.17, 15) is 0 Å². The van der Waals surface area contributed by atoms with Gasteiger partial charge in [-0.2, -0.15) is 0 Å². The molecule has 0 saturated carbocycles. The second-order valence-electron chi connectivity index (χ2n) is 4.81. The molecule has 0 saturated heterocycles. The van der Waals surface area contributed by atoms with Gasteiger partial charge in [-0.3, -0.25) is 4.98 Å². The van der Waals surface area contributed by atoms with E-state index in [4.69, 9.17) is 0 Å². The first-order valence-electron chi connectivity index (χ1n) is 6.15. The van der Waals surface area contributed by atoms with E-state index >= 15 is 0 Å². The van der Waals surface area contributed by atoms with Crippen molar-refractivity contribution >= 4 is 10.8 Å². The fraction of sp³-hybridized carbons (Fsp3) is 0.118. The van der Waals surface area contributed by atoms with Crippen molar-refractivity contribution in [3.8, 4) is 11.1 Å². The molecule has 1 heterocycles. The van der Waals surface area contributed by atoms with Crippen molar-refractivity contribution in [1.82, 2.24) is 4.98 Å². The van der Waals surface area contributed by atoms with Crippen LogP contribution in [0.4, 0.5) is 0 Å². The summed E-state index contributed by atoms with van der Waals surface area (Å²) < 4.78 is 0. The molecule has 3 aromatic rings. The number of nitrogens with zero attached hydrogens (tertiary/aromatic N) is 1. The number of rotatable bonds is 1. The van der Waals surface area contributed by atoms with Gasteiger partial charge in [0, 0.05) is 17.8 Å². The standard InChI is InChI=1S/C17H15N/c1-12-7-13(2)9-17(8-12)14-3-4-16-11-18-6-5-15(16)10-14/h3-11H,1-2H3. The molecule has 0 bridgehead atoms. The number of fused-ring (bicyclic) bond motifs is 1. The number of pyridine rings is 1. The predicted octanol–water partition coefficient (Wildman–Crippen LogP) is 4.52. The van der Waals surface area contributed by atoms with Crippen LogP contribution in [0.15, 0.2) is 54.9 Å². The van der Waals surface area contributed by atoms with E-state index in [2.05, 4.69) is 61.3 Å². The largest absolute Gasteiger partial charge is 0.264 e. The summed E-state index contributed by atoms with van der Waals surface area (Å²) in [4.78, 5) is 4.14. The van der Waals surface area contributed by atoms with Gasteiger partial charge in [-0.15, -0.1) is 0 Å². The Morgan fingerprint density at radius 1 is 0.722 bits per heavy atom. The summed E-state index contributed by atoms with van der Waals surface area (Å²) >= 11 is 0. The van der Waals surface area contributed by atoms with Crippen molar-refractivity contribution in [2.75, 3.05) is 0 Å². The highest BCUT2D eigenvalue weighted by Crippen LogP contribution is 2.25. The molecule has 1 nitrogen and oxygen atoms in total. The first-order chi connectivity index (χ1) is 8.72. The minimum Gasteiger partial charge on any atom is -0.264 e. The zero-order valence-corrected chi connectivity index (χ0v) is 10.6. The van der Waals surface area contributed by atoms with Crippen LogP contribution >= 0.6 is 0 Å². The van der Waals surface area contributed by atoms with Crippen molar-refractivity contribution < 1.29 is 0 Å². The smallest absolute Gasteiger partial charge is 0.0346 e. The summed E-state index contributed by atoms with van der Waals surface area (Å²) in [7, 11) is 0. The molecule has 2 aromatic carbocycles. The van der Waals surface area contributed by atoms with Crippen LogP contribution in [0.25, 0.3) is 21.9 Å². The first-order valence-corrected chi connectivity index (χ1v) is 6.15. The van der Waals surface area contributed by atoms with Crippen LogP contribution in [0.5, 0.6) is 0 Å². The van der Waals surface area contributed by atoms with E-state index in [0.717, 1.165) is 0 Å². The molecule has 0 radical (unpaired) electrons. The van der Waals surface area contributed by atoms with Gasteiger partial charge in [0.1, 0.15) is 0 Å². The van der Waals surface area contributed by atoms with Crippen molar-refractivity contribution in [2.24, 2.45) is 0 Å². The van der Waals surface area contributed by atoms with Gasteiger partial charge in [-0.05, 0) is 42.5 Å². The number of aryl methyl sites for hydroxylation is 2. The molecule has 0 amide bonds. The molecule has 0 aliphatic rings. The van der Waals surface area contributed by atoms with E-state index in [0.29, 0.717) is 0 Å². The van der Waals surface area contributed by atoms with Crippen molar-refractivity contribution in [2.45, 2.75) is 13.8 Å². The quantitative estimate of drug-likeness (QED) is 0.602. The second kappa shape index (κ2) is 4.26. The van der Waals surface area contributed by atoms with Gasteiger partial charge in [0.05, 0.1) is 0 Å². The van der Waals surface area contributed by atoms with E-state index in [1.807, 2.05) is 12.4 Å². The average molecular weight is 233 g/mol. The molecule has 18 heavy (non-hydrogen) atoms. The Hall–Kier alpha value is -2.15. The summed E-state index contributed by atoms with van der Waals surface area (Å²) in [5.74, 6) is 0. The fourth-order valence-corrected chi connectivity index (χ4v) is 2.40. The second-order valence-corrected chi connectivity index (χ2v) is 4.81. The molecule has 88 valence electrons. The first kappa shape index (κ1) is 11.0. The minimum atomic E-state index is 1.19. The van der Waals surface area contributed by atoms with Crippen LogP contribution in [-0.4, -0.2) is 4.98 Å². The third-order valence-corrected chi connectivity index (χ3v) is 3.20. The fourth-order valence-electron chi connectivity index (χ4n) is 2.40. The zero-order valence-electron chi connectivity index (χ0n) is 10.6. The molecule has 0 fully saturated rings. The molecule has 0 N–H and O–H groups in total. The van der Waals surface area contributed by atoms with Gasteiger partial charge in [-0.1, -0.05) is 41.5 Å². The van der Waals surface area contributed by atoms with Crippen LogP contribution in [0.1, 0.15) is 11.1 Å². The van der Waals surface area contributed by atoms with E-state index in [-0.39, 0.29) is 0 Å². The van der Waals surface area contributed by atoms with E-state index in [1.54, 1.807) is 0 Å². The topological polar surface area (TPSA) is 12.9 Å². The highest BCUT2D eigenvalue weighted by Gasteiger charge is 2.01. The van der Waals surface area contributed by atoms with Crippen LogP contribution < -0.4 is 0 Å². The number of hydrogen-bond donors (Lipinski definition) is 0. The van der Waals surface area contributed by atoms with Crippen LogP contribution in [0.3, 0.4) is 0 Å². The van der Waals surface area contributed by atoms with Gasteiger partial charge in [0.25, 0.3) is 0 Å². The Kier molecular flexibility index (Phi) is 2.60. The van der Waals surface area contributed by atoms with E-state index in [1.165, 1.54) is 33.0 Å². The monoisotopic (exact) mass is 233 g/mol. The molecule has 1 aromatic heterocycles. The van der Waals surface area contributed by atoms with Crippen LogP contribution in [-0.2, 0) is 0 Å². The van der Waals surface area contributed by atoms with Crippen LogP contribution in [0, 0.1) is 13.8 Å². The molecular weight excluding hydrogens is 218 g/mol. The van der Waals surface area contributed by atoms with Gasteiger partial charge in [0.15, 0.2) is 0 Å². The summed E-state index contributed by atoms with van der Waals surface area (Å²) in [6.07, 6.45) is 3.74. The molecule has 0 unspecified atom stereocenters. The molecule has 3 rings (SSSR count). The van der Waals surface area contributed by atoms with E-state index < -0.39 is 0 Å². The Labute approximate surface area is 107 Å². The summed E-state index contributed by atoms with van der Waals surface area (Å²) in [5, 5.41) is 2.42. The molecule has 0 aliphatic carbocycles. The van der Waals surface area contributed by atoms with Crippen molar-refractivity contribution in [1.29, 1.82) is 0 Å². The third-order valence-electron chi connectivity index (χ3n) is 3.20. The number of benzene rings is 2. The minimum absolute atomic E-state index is 1.19. The predicted molar refractivity (Wildman–Crippen MR) is 76.7 cm³/mol. The lowest BCUT2D eigenvalue weighted by Gasteiger charge is -2.06. The Balaban J connectivity index is 2.19. The lowest BCUT2D eigenvalue weighted by atomic mass is 9.99. The lowest BCUT2D eigenvalue weighted by Crippen LogP contribution is -1.83. The van der Waals surface area contributed by atoms with Gasteiger partial charge >= 0.3 is 0 Å². The van der Waals surface area contributed by atoms with Gasteiger partial charge in [-0.25, -0.2) is 0 Å². The molecule has 0 aliphatic heterocycles. The Morgan fingerprint density at radius 2 is 1.50 bits per heavy atom. The molecule has 0 spiro atoms. The number of hydrogen-bond acceptors (Lipinski definition) is 1. The molecule has 1 heteroatoms. The van der Waals surface area contributed by atoms with Gasteiger partial charge in [0.2, 0.25) is 0 Å². The summed E-state index contributed by atoms with van der Waals surface area (Å²) in [6, 6.07) is 15.2. The normalized spacial score (nSPS) is 10.8. The molecular formula is C17H15N. The highest BCUT2D eigenvalue weighted by atomic mass is 14.6. The highest BCUT2D eigenvalue weighted by molar-refractivity contribution is 5.86. The number of aromatic nitrogens is 1. The third kappa shape index (κ3) is 2.00. The zero-order chi connectivity index (χ0) is 12.5. The molecule has 0 atom stereocenters. The van der Waals surface area contributed by atoms with Crippen molar-refractivity contribution in [3.05, 3.63) is 66.0 Å². The maximum Gasteiger partial charge on any atom is 0.0346 e. The summed E-state index contributed by atoms with van der Waals surface area (Å²) in [6.45, 7) is 4.28. The Morgan fingerprint density at radius 3 is 2.28 bits per heavy atom. The average Bonchev–Trinajstić information content (AvgIpc) is 2.37. The lowest BCUT2D eigenvalue weighted by molar-refractivity contribution is 1.36. The van der Waals surface area contributed by atoms with Crippen LogP contribution in [0.2, 0.25) is 0 Å². The Bertz CT molecular complexity index is 693. The maximum absolute atomic E-state index is 4.14. The summed E-state index contributed by atoms with van der Waals surface area (Å²) in [5.41, 5.74) is 5.16. The van der Waals surface area contributed by atoms with Crippen molar-refractivity contribution in [3.63, 3.8) is 0 Å². The maximum atomic E-state index is 4.14. The SMILES string of the molecule is Cc1cc(C)cc(-c2ccc3cnccc3c2)c1. The van der Waals surface area contributed by atoms with Gasteiger partial charge < -0.3 is 0 Å².